The fraction of sp³-hybridized carbons (Fsp3) is 0.364. The molecule has 1 heterocycles. The first kappa shape index (κ1) is 27.9. The van der Waals surface area contributed by atoms with Crippen LogP contribution in [0, 0.1) is 6.92 Å². The van der Waals surface area contributed by atoms with E-state index in [0.29, 0.717) is 13.2 Å². The van der Waals surface area contributed by atoms with E-state index in [2.05, 4.69) is 107 Å². The first-order chi connectivity index (χ1) is 17.9. The summed E-state index contributed by atoms with van der Waals surface area (Å²) in [6, 6.07) is 29.3. The van der Waals surface area contributed by atoms with Crippen molar-refractivity contribution in [2.45, 2.75) is 65.1 Å². The molecule has 38 heavy (non-hydrogen) atoms. The van der Waals surface area contributed by atoms with Crippen LogP contribution in [0.1, 0.15) is 52.7 Å². The lowest BCUT2D eigenvalue weighted by Gasteiger charge is -2.44. The lowest BCUT2D eigenvalue weighted by atomic mass is 10.0. The first-order valence-electron chi connectivity index (χ1n) is 13.4. The van der Waals surface area contributed by atoms with Gasteiger partial charge in [-0.25, -0.2) is 4.79 Å². The fourth-order valence-corrected chi connectivity index (χ4v) is 9.99. The molecule has 0 bridgehead atoms. The Labute approximate surface area is 229 Å². The Bertz CT molecular complexity index is 1230. The quantitative estimate of drug-likeness (QED) is 0.340. The summed E-state index contributed by atoms with van der Waals surface area (Å²) in [6.07, 6.45) is 1.89. The second kappa shape index (κ2) is 10.9. The van der Waals surface area contributed by atoms with E-state index in [9.17, 15) is 4.79 Å². The van der Waals surface area contributed by atoms with Crippen molar-refractivity contribution < 1.29 is 14.0 Å². The van der Waals surface area contributed by atoms with E-state index >= 15 is 0 Å². The molecule has 0 radical (unpaired) electrons. The van der Waals surface area contributed by atoms with E-state index in [-0.39, 0.29) is 17.2 Å². The van der Waals surface area contributed by atoms with Crippen molar-refractivity contribution in [1.29, 1.82) is 0 Å². The second-order valence-electron chi connectivity index (χ2n) is 12.2. The molecule has 200 valence electrons. The van der Waals surface area contributed by atoms with Crippen LogP contribution in [0.5, 0.6) is 0 Å². The Kier molecular flexibility index (Phi) is 8.00. The minimum Gasteiger partial charge on any atom is -0.444 e. The normalized spacial score (nSPS) is 16.3. The molecular formula is C33H41NO3Si. The smallest absolute Gasteiger partial charge is 0.411 e. The van der Waals surface area contributed by atoms with Crippen LogP contribution in [0.4, 0.5) is 4.79 Å². The lowest BCUT2D eigenvalue weighted by molar-refractivity contribution is 0.0207. The molecular weight excluding hydrogens is 486 g/mol. The predicted molar refractivity (Wildman–Crippen MR) is 159 cm³/mol. The van der Waals surface area contributed by atoms with Crippen LogP contribution in [-0.4, -0.2) is 44.1 Å². The maximum Gasteiger partial charge on any atom is 0.411 e. The highest BCUT2D eigenvalue weighted by atomic mass is 28.4. The summed E-state index contributed by atoms with van der Waals surface area (Å²) >= 11 is 0. The van der Waals surface area contributed by atoms with Gasteiger partial charge in [0, 0.05) is 0 Å². The molecule has 1 aliphatic rings. The van der Waals surface area contributed by atoms with Gasteiger partial charge in [0.05, 0.1) is 19.2 Å². The van der Waals surface area contributed by atoms with Crippen LogP contribution in [-0.2, 0) is 9.16 Å². The summed E-state index contributed by atoms with van der Waals surface area (Å²) in [4.78, 5) is 15.2. The van der Waals surface area contributed by atoms with Crippen LogP contribution in [0.2, 0.25) is 5.04 Å². The third-order valence-corrected chi connectivity index (χ3v) is 12.1. The Balaban J connectivity index is 1.76. The summed E-state index contributed by atoms with van der Waals surface area (Å²) in [6.45, 7) is 15.5. The van der Waals surface area contributed by atoms with Crippen molar-refractivity contribution in [3.8, 4) is 0 Å². The van der Waals surface area contributed by atoms with Crippen LogP contribution >= 0.6 is 0 Å². The predicted octanol–water partition coefficient (Wildman–Crippen LogP) is 6.57. The molecule has 4 nitrogen and oxygen atoms in total. The maximum atomic E-state index is 13.4. The molecule has 0 saturated carbocycles. The van der Waals surface area contributed by atoms with E-state index in [0.717, 1.165) is 11.1 Å². The van der Waals surface area contributed by atoms with Crippen molar-refractivity contribution in [1.82, 2.24) is 4.90 Å². The average Bonchev–Trinajstić information content (AvgIpc) is 3.28. The largest absolute Gasteiger partial charge is 0.444 e. The molecule has 3 aromatic carbocycles. The molecule has 0 spiro atoms. The van der Waals surface area contributed by atoms with Gasteiger partial charge < -0.3 is 9.16 Å². The summed E-state index contributed by atoms with van der Waals surface area (Å²) in [5, 5.41) is 2.31. The van der Waals surface area contributed by atoms with E-state index in [4.69, 9.17) is 9.16 Å². The lowest BCUT2D eigenvalue weighted by Crippen LogP contribution is -2.67. The van der Waals surface area contributed by atoms with Gasteiger partial charge in [-0.3, -0.25) is 4.90 Å². The zero-order chi connectivity index (χ0) is 27.6. The van der Waals surface area contributed by atoms with Crippen molar-refractivity contribution >= 4 is 30.4 Å². The number of carbonyl (C=O) groups excluding carboxylic acids is 1. The minimum atomic E-state index is -2.75. The van der Waals surface area contributed by atoms with Gasteiger partial charge in [-0.1, -0.05) is 112 Å². The van der Waals surface area contributed by atoms with Crippen LogP contribution in [0.25, 0.3) is 5.57 Å². The fourth-order valence-electron chi connectivity index (χ4n) is 5.41. The molecule has 0 saturated heterocycles. The summed E-state index contributed by atoms with van der Waals surface area (Å²) < 4.78 is 13.1. The topological polar surface area (TPSA) is 38.8 Å². The van der Waals surface area contributed by atoms with Crippen LogP contribution in [0.15, 0.2) is 91.0 Å². The highest BCUT2D eigenvalue weighted by Crippen LogP contribution is 2.38. The maximum absolute atomic E-state index is 13.4. The molecule has 1 amide bonds. The number of amides is 1. The number of ether oxygens (including phenoxy) is 1. The van der Waals surface area contributed by atoms with E-state index < -0.39 is 13.9 Å². The van der Waals surface area contributed by atoms with Crippen LogP contribution in [0.3, 0.4) is 0 Å². The van der Waals surface area contributed by atoms with Crippen molar-refractivity contribution in [3.05, 3.63) is 102 Å². The number of aryl methyl sites for hydroxylation is 1. The highest BCUT2D eigenvalue weighted by molar-refractivity contribution is 6.99. The molecule has 0 fully saturated rings. The molecule has 4 rings (SSSR count). The molecule has 3 aromatic rings. The standard InChI is InChI=1S/C33H41NO3Si/c1-25-16-14-15-21-30(25)26-22-27(34(23-26)31(35)37-32(2,3)4)24-36-38(33(5,6)7,28-17-10-8-11-18-28)29-19-12-9-13-20-29/h8-22,27H,23-24H2,1-7H3/t27-/m0/s1. The summed E-state index contributed by atoms with van der Waals surface area (Å²) in [5.74, 6) is 0. The minimum absolute atomic E-state index is 0.145. The Morgan fingerprint density at radius 1 is 0.842 bits per heavy atom. The number of nitrogens with zero attached hydrogens (tertiary/aromatic N) is 1. The van der Waals surface area contributed by atoms with Crippen molar-refractivity contribution in [2.75, 3.05) is 13.2 Å². The van der Waals surface area contributed by atoms with Gasteiger partial charge in [0.2, 0.25) is 0 Å². The van der Waals surface area contributed by atoms with Crippen molar-refractivity contribution in [3.63, 3.8) is 0 Å². The molecule has 0 N–H and O–H groups in total. The van der Waals surface area contributed by atoms with Gasteiger partial charge in [0.1, 0.15) is 5.60 Å². The number of hydrogen-bond acceptors (Lipinski definition) is 3. The molecule has 0 aliphatic carbocycles. The van der Waals surface area contributed by atoms with Gasteiger partial charge in [0.15, 0.2) is 0 Å². The molecule has 0 aromatic heterocycles. The molecule has 1 aliphatic heterocycles. The number of carbonyl (C=O) groups is 1. The third-order valence-electron chi connectivity index (χ3n) is 7.14. The summed E-state index contributed by atoms with van der Waals surface area (Å²) in [5.41, 5.74) is 2.90. The zero-order valence-corrected chi connectivity index (χ0v) is 24.8. The number of benzene rings is 3. The Morgan fingerprint density at radius 2 is 1.37 bits per heavy atom. The Morgan fingerprint density at radius 3 is 1.87 bits per heavy atom. The summed E-state index contributed by atoms with van der Waals surface area (Å²) in [7, 11) is -2.75. The van der Waals surface area contributed by atoms with E-state index in [1.807, 2.05) is 37.8 Å². The second-order valence-corrected chi connectivity index (χ2v) is 16.5. The molecule has 1 atom stereocenters. The monoisotopic (exact) mass is 527 g/mol. The molecule has 0 unspecified atom stereocenters. The molecule has 5 heteroatoms. The zero-order valence-electron chi connectivity index (χ0n) is 23.8. The SMILES string of the molecule is Cc1ccccc1C1=C[C@@H](CO[Si](c2ccccc2)(c2ccccc2)C(C)(C)C)N(C(=O)OC(C)(C)C)C1. The average molecular weight is 528 g/mol. The van der Waals surface area contributed by atoms with Gasteiger partial charge in [-0.15, -0.1) is 0 Å². The van der Waals surface area contributed by atoms with Gasteiger partial charge in [-0.05, 0) is 59.8 Å². The van der Waals surface area contributed by atoms with Crippen molar-refractivity contribution in [2.24, 2.45) is 0 Å². The number of rotatable bonds is 6. The van der Waals surface area contributed by atoms with Crippen LogP contribution < -0.4 is 10.4 Å². The Hall–Kier alpha value is -3.15. The first-order valence-corrected chi connectivity index (χ1v) is 15.3. The highest BCUT2D eigenvalue weighted by Gasteiger charge is 2.51. The van der Waals surface area contributed by atoms with Gasteiger partial charge in [0.25, 0.3) is 8.32 Å². The van der Waals surface area contributed by atoms with Gasteiger partial charge in [-0.2, -0.15) is 0 Å². The number of hydrogen-bond donors (Lipinski definition) is 0. The van der Waals surface area contributed by atoms with E-state index in [1.165, 1.54) is 15.9 Å². The van der Waals surface area contributed by atoms with Gasteiger partial charge >= 0.3 is 6.09 Å². The van der Waals surface area contributed by atoms with E-state index in [1.54, 1.807) is 0 Å². The third kappa shape index (κ3) is 5.79.